The van der Waals surface area contributed by atoms with Crippen LogP contribution in [0.2, 0.25) is 5.15 Å². The summed E-state index contributed by atoms with van der Waals surface area (Å²) in [5, 5.41) is 13.7. The van der Waals surface area contributed by atoms with Crippen molar-refractivity contribution in [2.24, 2.45) is 5.92 Å². The Labute approximate surface area is 108 Å². The maximum absolute atomic E-state index is 9.87. The number of aromatic nitrogens is 1. The van der Waals surface area contributed by atoms with E-state index in [0.29, 0.717) is 17.6 Å². The fraction of sp³-hybridized carbons (Fsp3) is 0.615. The first-order chi connectivity index (χ1) is 8.06. The van der Waals surface area contributed by atoms with Gasteiger partial charge in [-0.2, -0.15) is 0 Å². The van der Waals surface area contributed by atoms with Crippen LogP contribution in [0.15, 0.2) is 18.3 Å². The van der Waals surface area contributed by atoms with Crippen LogP contribution in [0.25, 0.3) is 0 Å². The van der Waals surface area contributed by atoms with Gasteiger partial charge in [-0.3, -0.25) is 0 Å². The Bertz CT molecular complexity index is 346. The molecular weight excluding hydrogens is 236 g/mol. The topological polar surface area (TPSA) is 45.1 Å². The van der Waals surface area contributed by atoms with Gasteiger partial charge in [0.25, 0.3) is 0 Å². The Morgan fingerprint density at radius 1 is 1.47 bits per heavy atom. The van der Waals surface area contributed by atoms with Crippen molar-refractivity contribution in [3.05, 3.63) is 29.0 Å². The maximum atomic E-state index is 9.87. The number of nitrogens with one attached hydrogen (secondary N) is 1. The molecule has 3 unspecified atom stereocenters. The van der Waals surface area contributed by atoms with Crippen LogP contribution in [0.4, 0.5) is 0 Å². The lowest BCUT2D eigenvalue weighted by Crippen LogP contribution is -2.33. The Morgan fingerprint density at radius 2 is 2.18 bits per heavy atom. The highest BCUT2D eigenvalue weighted by Crippen LogP contribution is 2.20. The minimum absolute atomic E-state index is 0.0925. The van der Waals surface area contributed by atoms with Crippen molar-refractivity contribution in [3.8, 4) is 0 Å². The number of pyridine rings is 1. The average molecular weight is 257 g/mol. The van der Waals surface area contributed by atoms with Crippen LogP contribution in [0.5, 0.6) is 0 Å². The molecule has 0 aliphatic carbocycles. The monoisotopic (exact) mass is 256 g/mol. The molecular formula is C13H21ClN2O. The number of hydrogen-bond acceptors (Lipinski definition) is 3. The van der Waals surface area contributed by atoms with Crippen LogP contribution in [0.1, 0.15) is 38.8 Å². The molecule has 17 heavy (non-hydrogen) atoms. The van der Waals surface area contributed by atoms with Gasteiger partial charge in [-0.1, -0.05) is 37.9 Å². The van der Waals surface area contributed by atoms with Gasteiger partial charge in [0, 0.05) is 24.3 Å². The van der Waals surface area contributed by atoms with E-state index in [1.54, 1.807) is 6.20 Å². The SMILES string of the molecule is CCC(C)C(O)CNC(C)c1cccnc1Cl. The van der Waals surface area contributed by atoms with Crippen molar-refractivity contribution >= 4 is 11.6 Å². The Hall–Kier alpha value is -0.640. The van der Waals surface area contributed by atoms with E-state index in [9.17, 15) is 5.11 Å². The minimum Gasteiger partial charge on any atom is -0.392 e. The van der Waals surface area contributed by atoms with Crippen LogP contribution in [0.3, 0.4) is 0 Å². The van der Waals surface area contributed by atoms with Gasteiger partial charge in [0.1, 0.15) is 5.15 Å². The van der Waals surface area contributed by atoms with Crippen molar-refractivity contribution in [1.29, 1.82) is 0 Å². The summed E-state index contributed by atoms with van der Waals surface area (Å²) >= 11 is 6.01. The lowest BCUT2D eigenvalue weighted by Gasteiger charge is -2.21. The number of rotatable bonds is 6. The molecule has 96 valence electrons. The number of hydrogen-bond donors (Lipinski definition) is 2. The third-order valence-electron chi connectivity index (χ3n) is 3.19. The number of halogens is 1. The summed E-state index contributed by atoms with van der Waals surface area (Å²) in [6.07, 6.45) is 2.33. The van der Waals surface area contributed by atoms with Crippen LogP contribution in [-0.4, -0.2) is 22.7 Å². The van der Waals surface area contributed by atoms with E-state index in [4.69, 9.17) is 11.6 Å². The molecule has 0 spiro atoms. The van der Waals surface area contributed by atoms with E-state index in [2.05, 4.69) is 17.2 Å². The van der Waals surface area contributed by atoms with Crippen molar-refractivity contribution in [2.45, 2.75) is 39.3 Å². The summed E-state index contributed by atoms with van der Waals surface area (Å²) in [4.78, 5) is 4.04. The minimum atomic E-state index is -0.321. The highest BCUT2D eigenvalue weighted by atomic mass is 35.5. The molecule has 0 bridgehead atoms. The highest BCUT2D eigenvalue weighted by Gasteiger charge is 2.15. The third kappa shape index (κ3) is 4.26. The quantitative estimate of drug-likeness (QED) is 0.770. The van der Waals surface area contributed by atoms with Crippen molar-refractivity contribution in [3.63, 3.8) is 0 Å². The molecule has 1 aromatic heterocycles. The average Bonchev–Trinajstić information content (AvgIpc) is 2.35. The Morgan fingerprint density at radius 3 is 2.76 bits per heavy atom. The van der Waals surface area contributed by atoms with E-state index in [1.165, 1.54) is 0 Å². The number of aliphatic hydroxyl groups excluding tert-OH is 1. The Balaban J connectivity index is 2.50. The van der Waals surface area contributed by atoms with Crippen LogP contribution in [0, 0.1) is 5.92 Å². The van der Waals surface area contributed by atoms with Crippen LogP contribution < -0.4 is 5.32 Å². The summed E-state index contributed by atoms with van der Waals surface area (Å²) in [5.41, 5.74) is 0.963. The number of aliphatic hydroxyl groups is 1. The van der Waals surface area contributed by atoms with Gasteiger partial charge in [0.2, 0.25) is 0 Å². The first-order valence-electron chi connectivity index (χ1n) is 6.08. The largest absolute Gasteiger partial charge is 0.392 e. The highest BCUT2D eigenvalue weighted by molar-refractivity contribution is 6.30. The van der Waals surface area contributed by atoms with Gasteiger partial charge in [-0.05, 0) is 18.9 Å². The molecule has 3 atom stereocenters. The van der Waals surface area contributed by atoms with Gasteiger partial charge in [0.15, 0.2) is 0 Å². The third-order valence-corrected chi connectivity index (χ3v) is 3.50. The van der Waals surface area contributed by atoms with Gasteiger partial charge in [-0.25, -0.2) is 4.98 Å². The molecule has 0 aliphatic heterocycles. The van der Waals surface area contributed by atoms with E-state index in [0.717, 1.165) is 12.0 Å². The first kappa shape index (κ1) is 14.4. The van der Waals surface area contributed by atoms with E-state index in [1.807, 2.05) is 26.0 Å². The summed E-state index contributed by atoms with van der Waals surface area (Å²) in [7, 11) is 0. The summed E-state index contributed by atoms with van der Waals surface area (Å²) in [6.45, 7) is 6.72. The molecule has 1 heterocycles. The smallest absolute Gasteiger partial charge is 0.133 e. The zero-order valence-electron chi connectivity index (χ0n) is 10.7. The molecule has 1 aromatic rings. The molecule has 0 saturated carbocycles. The normalized spacial score (nSPS) is 16.5. The van der Waals surface area contributed by atoms with Crippen molar-refractivity contribution in [1.82, 2.24) is 10.3 Å². The summed E-state index contributed by atoms with van der Waals surface area (Å²) in [5.74, 6) is 0.305. The predicted octanol–water partition coefficient (Wildman–Crippen LogP) is 2.79. The fourth-order valence-electron chi connectivity index (χ4n) is 1.60. The molecule has 0 radical (unpaired) electrons. The molecule has 0 saturated heterocycles. The lowest BCUT2D eigenvalue weighted by molar-refractivity contribution is 0.110. The van der Waals surface area contributed by atoms with E-state index in [-0.39, 0.29) is 12.1 Å². The van der Waals surface area contributed by atoms with Crippen LogP contribution >= 0.6 is 11.6 Å². The van der Waals surface area contributed by atoms with Crippen LogP contribution in [-0.2, 0) is 0 Å². The zero-order chi connectivity index (χ0) is 12.8. The second-order valence-corrected chi connectivity index (χ2v) is 4.82. The Kier molecular flexibility index (Phi) is 5.89. The summed E-state index contributed by atoms with van der Waals surface area (Å²) in [6, 6.07) is 3.91. The second kappa shape index (κ2) is 6.94. The zero-order valence-corrected chi connectivity index (χ0v) is 11.4. The molecule has 0 amide bonds. The fourth-order valence-corrected chi connectivity index (χ4v) is 1.89. The number of nitrogens with zero attached hydrogens (tertiary/aromatic N) is 1. The predicted molar refractivity (Wildman–Crippen MR) is 71.1 cm³/mol. The molecule has 3 nitrogen and oxygen atoms in total. The van der Waals surface area contributed by atoms with Gasteiger partial charge >= 0.3 is 0 Å². The lowest BCUT2D eigenvalue weighted by atomic mass is 10.0. The molecule has 0 fully saturated rings. The van der Waals surface area contributed by atoms with Gasteiger partial charge in [-0.15, -0.1) is 0 Å². The van der Waals surface area contributed by atoms with E-state index >= 15 is 0 Å². The van der Waals surface area contributed by atoms with Crippen molar-refractivity contribution < 1.29 is 5.11 Å². The first-order valence-corrected chi connectivity index (χ1v) is 6.45. The molecule has 2 N–H and O–H groups in total. The van der Waals surface area contributed by atoms with E-state index < -0.39 is 0 Å². The maximum Gasteiger partial charge on any atom is 0.133 e. The molecule has 4 heteroatoms. The van der Waals surface area contributed by atoms with Crippen molar-refractivity contribution in [2.75, 3.05) is 6.54 Å². The molecule has 1 rings (SSSR count). The molecule has 0 aliphatic rings. The molecule has 0 aromatic carbocycles. The van der Waals surface area contributed by atoms with Gasteiger partial charge in [0.05, 0.1) is 6.10 Å². The second-order valence-electron chi connectivity index (χ2n) is 4.47. The standard InChI is InChI=1S/C13H21ClN2O/c1-4-9(2)12(17)8-16-10(3)11-6-5-7-15-13(11)14/h5-7,9-10,12,16-17H,4,8H2,1-3H3. The summed E-state index contributed by atoms with van der Waals surface area (Å²) < 4.78 is 0. The van der Waals surface area contributed by atoms with Gasteiger partial charge < -0.3 is 10.4 Å².